The first-order chi connectivity index (χ1) is 54.4. The van der Waals surface area contributed by atoms with Crippen molar-refractivity contribution in [2.75, 3.05) is 150 Å². The van der Waals surface area contributed by atoms with Gasteiger partial charge in [-0.2, -0.15) is 0 Å². The van der Waals surface area contributed by atoms with Crippen LogP contribution in [-0.2, 0) is 85.7 Å². The maximum absolute atomic E-state index is 12.4. The summed E-state index contributed by atoms with van der Waals surface area (Å²) >= 11 is 0. The summed E-state index contributed by atoms with van der Waals surface area (Å²) in [4.78, 5) is 83.8. The van der Waals surface area contributed by atoms with Crippen molar-refractivity contribution in [1.29, 1.82) is 0 Å². The molecule has 0 aliphatic carbocycles. The number of carbonyl (C=O) groups excluding carboxylic acids is 7. The van der Waals surface area contributed by atoms with E-state index in [-0.39, 0.29) is 83.4 Å². The highest BCUT2D eigenvalue weighted by molar-refractivity contribution is 7.99. The minimum Gasteiger partial charge on any atom is -0.372 e. The molecule has 112 heavy (non-hydrogen) atoms. The normalized spacial score (nSPS) is 14.7. The molecule has 9 nitrogen and oxygen atoms in total. The van der Waals surface area contributed by atoms with Gasteiger partial charge in [-0.1, -0.05) is 237 Å². The molecule has 0 aromatic heterocycles. The van der Waals surface area contributed by atoms with Crippen LogP contribution >= 0.6 is 0 Å². The average molecular weight is 1630 g/mol. The van der Waals surface area contributed by atoms with Crippen LogP contribution in [0.5, 0.6) is 0 Å². The maximum atomic E-state index is 12.4. The lowest BCUT2D eigenvalue weighted by Gasteiger charge is -2.13. The second-order valence-corrected chi connectivity index (χ2v) is 44.7. The fraction of sp³-hybridized carbons (Fsp3) is 0.323. The molecule has 4 fully saturated rings. The summed E-state index contributed by atoms with van der Waals surface area (Å²) in [6, 6.07) is 85.4. The third-order valence-corrected chi connectivity index (χ3v) is 31.7. The average Bonchev–Trinajstić information content (AvgIpc) is 1.15. The number of Topliss-reactive ketones (excluding diaryl/α,β-unsaturated/α-hetero) is 7. The van der Waals surface area contributed by atoms with E-state index in [4.69, 9.17) is 9.47 Å². The first kappa shape index (κ1) is 88.5. The summed E-state index contributed by atoms with van der Waals surface area (Å²) < 4.78 is 10.6. The smallest absolute Gasteiger partial charge is 0.211 e. The van der Waals surface area contributed by atoms with Gasteiger partial charge < -0.3 is 9.47 Å². The lowest BCUT2D eigenvalue weighted by Crippen LogP contribution is -2.31. The molecular formula is C96H111O9S7+7. The molecule has 0 bridgehead atoms. The zero-order valence-electron chi connectivity index (χ0n) is 66.0. The van der Waals surface area contributed by atoms with Crippen molar-refractivity contribution < 1.29 is 43.0 Å². The molecule has 1 atom stereocenters. The van der Waals surface area contributed by atoms with Gasteiger partial charge in [-0.25, -0.2) is 0 Å². The summed E-state index contributed by atoms with van der Waals surface area (Å²) in [5, 5.41) is 9.40. The fourth-order valence-corrected chi connectivity index (χ4v) is 23.0. The molecule has 0 amide bonds. The number of ether oxygens (including phenoxy) is 2. The van der Waals surface area contributed by atoms with Crippen LogP contribution in [-0.4, -0.2) is 190 Å². The van der Waals surface area contributed by atoms with Gasteiger partial charge in [-0.05, 0) is 161 Å². The Morgan fingerprint density at radius 2 is 0.491 bits per heavy atom. The third kappa shape index (κ3) is 30.7. The lowest BCUT2D eigenvalue weighted by molar-refractivity contribution is 0.101. The molecule has 0 spiro atoms. The van der Waals surface area contributed by atoms with E-state index in [1.165, 1.54) is 82.0 Å². The molecule has 11 aromatic carbocycles. The predicted molar refractivity (Wildman–Crippen MR) is 495 cm³/mol. The van der Waals surface area contributed by atoms with Crippen molar-refractivity contribution in [1.82, 2.24) is 0 Å². The predicted octanol–water partition coefficient (Wildman–Crippen LogP) is 18.2. The highest BCUT2D eigenvalue weighted by Crippen LogP contribution is 2.24. The molecule has 4 aliphatic rings. The van der Waals surface area contributed by atoms with Crippen molar-refractivity contribution in [3.05, 3.63) is 300 Å². The number of rotatable bonds is 22. The summed E-state index contributed by atoms with van der Waals surface area (Å²) in [5.41, 5.74) is 5.97. The molecule has 4 heterocycles. The highest BCUT2D eigenvalue weighted by atomic mass is 32.2. The molecule has 4 aliphatic heterocycles. The van der Waals surface area contributed by atoms with Crippen LogP contribution in [0.1, 0.15) is 112 Å². The van der Waals surface area contributed by atoms with Crippen LogP contribution in [0, 0.1) is 0 Å². The largest absolute Gasteiger partial charge is 0.372 e. The van der Waals surface area contributed by atoms with E-state index in [2.05, 4.69) is 92.8 Å². The van der Waals surface area contributed by atoms with Gasteiger partial charge in [0.1, 0.15) is 51.8 Å². The minimum absolute atomic E-state index is 0.171. The van der Waals surface area contributed by atoms with Crippen LogP contribution in [0.4, 0.5) is 0 Å². The Morgan fingerprint density at radius 3 is 0.786 bits per heavy atom. The molecule has 11 aromatic rings. The van der Waals surface area contributed by atoms with E-state index >= 15 is 0 Å². The molecule has 0 radical (unpaired) electrons. The van der Waals surface area contributed by atoms with E-state index in [1.54, 1.807) is 0 Å². The number of ketones is 7. The maximum Gasteiger partial charge on any atom is 0.211 e. The van der Waals surface area contributed by atoms with Crippen LogP contribution < -0.4 is 0 Å². The monoisotopic (exact) mass is 1630 g/mol. The first-order valence-corrected chi connectivity index (χ1v) is 52.0. The van der Waals surface area contributed by atoms with E-state index < -0.39 is 0 Å². The molecule has 15 rings (SSSR count). The SMILES string of the molecule is CC[S+](C)CC(=O)c1ccccc1.C[S+](C)CC(=O)c1ccc2ccccc2c1.C[S+](C)CC(=O)c1ccccc1.O=C(C[S+]1CCCC1)c1ccc2ccccc2c1.O=C(C[S+]1CCCCC1)c1ccc2ccccc2c1.O=C(C[S+]1CCOCC1)c1ccc2ccccc2c1.O=C(C[S+]1CCOCC1)c1ccccc1. The summed E-state index contributed by atoms with van der Waals surface area (Å²) in [5.74, 6) is 17.2. The number of hydrogen-bond donors (Lipinski definition) is 0. The highest BCUT2D eigenvalue weighted by Gasteiger charge is 2.30. The Kier molecular flexibility index (Phi) is 38.4. The van der Waals surface area contributed by atoms with Gasteiger partial charge in [-0.15, -0.1) is 0 Å². The van der Waals surface area contributed by atoms with E-state index in [0.717, 1.165) is 122 Å². The van der Waals surface area contributed by atoms with Crippen LogP contribution in [0.2, 0.25) is 0 Å². The molecule has 16 heteroatoms. The van der Waals surface area contributed by atoms with Crippen molar-refractivity contribution in [3.8, 4) is 0 Å². The summed E-state index contributed by atoms with van der Waals surface area (Å²) in [6.07, 6.45) is 17.1. The lowest BCUT2D eigenvalue weighted by atomic mass is 10.1. The Hall–Kier alpha value is -7.48. The van der Waals surface area contributed by atoms with Crippen molar-refractivity contribution in [2.24, 2.45) is 0 Å². The Bertz CT molecular complexity index is 4650. The fourth-order valence-electron chi connectivity index (χ4n) is 12.8. The molecule has 0 saturated carbocycles. The van der Waals surface area contributed by atoms with Gasteiger partial charge in [0, 0.05) is 60.7 Å². The molecule has 584 valence electrons. The molecule has 4 saturated heterocycles. The molecule has 0 N–H and O–H groups in total. The second kappa shape index (κ2) is 48.7. The number of fused-ring (bicyclic) bond motifs is 4. The Morgan fingerprint density at radius 1 is 0.259 bits per heavy atom. The summed E-state index contributed by atoms with van der Waals surface area (Å²) in [6.45, 7) is 5.40. The van der Waals surface area contributed by atoms with E-state index in [1.807, 2.05) is 206 Å². The molecular weight excluding hydrogens is 1520 g/mol. The van der Waals surface area contributed by atoms with Crippen molar-refractivity contribution in [3.63, 3.8) is 0 Å². The van der Waals surface area contributed by atoms with Gasteiger partial charge in [0.05, 0.1) is 57.7 Å². The van der Waals surface area contributed by atoms with E-state index in [9.17, 15) is 33.6 Å². The minimum atomic E-state index is 0.171. The number of carbonyl (C=O) groups is 7. The zero-order chi connectivity index (χ0) is 79.2. The van der Waals surface area contributed by atoms with E-state index in [0.29, 0.717) is 62.1 Å². The van der Waals surface area contributed by atoms with Gasteiger partial charge >= 0.3 is 0 Å². The molecule has 1 unspecified atom stereocenters. The van der Waals surface area contributed by atoms with Gasteiger partial charge in [0.25, 0.3) is 0 Å². The van der Waals surface area contributed by atoms with Crippen molar-refractivity contribution >= 4 is 160 Å². The zero-order valence-corrected chi connectivity index (χ0v) is 71.8. The topological polar surface area (TPSA) is 138 Å². The second-order valence-electron chi connectivity index (χ2n) is 28.4. The number of hydrogen-bond acceptors (Lipinski definition) is 9. The Labute approximate surface area is 685 Å². The van der Waals surface area contributed by atoms with Crippen LogP contribution in [0.3, 0.4) is 0 Å². The quantitative estimate of drug-likeness (QED) is 0.0479. The van der Waals surface area contributed by atoms with Crippen molar-refractivity contribution in [2.45, 2.75) is 39.0 Å². The summed E-state index contributed by atoms with van der Waals surface area (Å²) in [7, 11) is 1.78. The standard InChI is InChI=1S/C17H19OS.C16H17O2S.C16H17OS.C14H15OS.C12H15O2S.C11H15OS.C10H13OS/c18-17(13-19-10-4-1-5-11-19)16-9-8-14-6-2-3-7-15(14)12-16;17-16(12-19-9-7-18-8-10-19)15-6-5-13-3-1-2-4-14(13)11-15;17-16(12-18-9-3-4-10-18)15-8-7-13-5-1-2-6-14(13)11-15;1-16(2)10-14(15)13-8-7-11-5-3-4-6-12(11)9-13;13-12(11-4-2-1-3-5-11)10-15-8-6-14-7-9-15;1-3-13(2)9-11(12)10-7-5-4-6-8-10;1-12(2)8-10(11)9-6-4-3-5-7-9/h2-3,6-9,12H,1,4-5,10-11,13H2;1-6,11H,7-10,12H2;1-2,5-8,11H,3-4,9-10,12H2;3-9H,10H2,1-2H3;1-5H,6-10H2;4-8H,3,9H2,1-2H3;3-7H,8H2,1-2H3/q7*+1. The van der Waals surface area contributed by atoms with Crippen LogP contribution in [0.15, 0.2) is 261 Å². The first-order valence-electron chi connectivity index (χ1n) is 38.7. The van der Waals surface area contributed by atoms with Gasteiger partial charge in [-0.3, -0.25) is 33.6 Å². The third-order valence-electron chi connectivity index (χ3n) is 19.2. The van der Waals surface area contributed by atoms with Crippen LogP contribution in [0.25, 0.3) is 43.1 Å². The van der Waals surface area contributed by atoms with Gasteiger partial charge in [0.2, 0.25) is 40.5 Å². The van der Waals surface area contributed by atoms with Gasteiger partial charge in [0.15, 0.2) is 40.3 Å². The number of benzene rings is 11. The Balaban J connectivity index is 0.000000151.